The number of hydrogen-bond donors (Lipinski definition) is 2. The molecule has 2 aliphatic rings. The van der Waals surface area contributed by atoms with E-state index in [0.717, 1.165) is 27.6 Å². The van der Waals surface area contributed by atoms with Crippen LogP contribution in [0.3, 0.4) is 0 Å². The average molecular weight is 539 g/mol. The number of nitrogens with zero attached hydrogens (tertiary/aromatic N) is 7. The predicted octanol–water partition coefficient (Wildman–Crippen LogP) is 2.74. The van der Waals surface area contributed by atoms with Gasteiger partial charge in [0.1, 0.15) is 16.2 Å². The van der Waals surface area contributed by atoms with E-state index >= 15 is 0 Å². The first-order chi connectivity index (χ1) is 17.4. The Hall–Kier alpha value is -3.00. The van der Waals surface area contributed by atoms with E-state index in [9.17, 15) is 23.1 Å². The van der Waals surface area contributed by atoms with E-state index in [-0.39, 0.29) is 25.0 Å². The third kappa shape index (κ3) is 5.08. The predicted molar refractivity (Wildman–Crippen MR) is 133 cm³/mol. The third-order valence-corrected chi connectivity index (χ3v) is 7.67. The lowest BCUT2D eigenvalue weighted by Gasteiger charge is -2.30. The van der Waals surface area contributed by atoms with Gasteiger partial charge in [0.15, 0.2) is 5.82 Å². The number of halogens is 3. The number of nitrogens with one attached hydrogen (secondary N) is 1. The first-order valence-electron chi connectivity index (χ1n) is 12.3. The number of hydrogen-bond acceptors (Lipinski definition) is 9. The smallest absolute Gasteiger partial charge is 0.381 e. The molecule has 0 spiro atoms. The SMILES string of the molecule is CCCc1cc2c(N3CCn4c(nnc4C(F)(F)F)C3)nc(N3CCC(NC(=O)C(C)(C)O)C3)nc2s1. The van der Waals surface area contributed by atoms with Crippen molar-refractivity contribution in [3.63, 3.8) is 0 Å². The van der Waals surface area contributed by atoms with Gasteiger partial charge in [-0.3, -0.25) is 4.79 Å². The lowest BCUT2D eigenvalue weighted by atomic mass is 10.1. The molecule has 200 valence electrons. The number of thiophene rings is 1. The molecule has 0 saturated carbocycles. The van der Waals surface area contributed by atoms with E-state index in [1.54, 1.807) is 11.3 Å². The minimum Gasteiger partial charge on any atom is -0.381 e. The van der Waals surface area contributed by atoms with Crippen molar-refractivity contribution in [1.29, 1.82) is 0 Å². The number of alkyl halides is 3. The first kappa shape index (κ1) is 25.6. The zero-order chi connectivity index (χ0) is 26.5. The number of aryl methyl sites for hydroxylation is 1. The maximum Gasteiger partial charge on any atom is 0.451 e. The molecule has 1 unspecified atom stereocenters. The maximum atomic E-state index is 13.3. The summed E-state index contributed by atoms with van der Waals surface area (Å²) >= 11 is 1.59. The van der Waals surface area contributed by atoms with E-state index in [1.165, 1.54) is 18.7 Å². The van der Waals surface area contributed by atoms with Gasteiger partial charge < -0.3 is 24.8 Å². The van der Waals surface area contributed by atoms with Gasteiger partial charge in [0.05, 0.1) is 11.9 Å². The fourth-order valence-electron chi connectivity index (χ4n) is 4.67. The summed E-state index contributed by atoms with van der Waals surface area (Å²) in [5.74, 6) is -0.00513. The van der Waals surface area contributed by atoms with Crippen LogP contribution < -0.4 is 15.1 Å². The van der Waals surface area contributed by atoms with Crippen LogP contribution in [0.2, 0.25) is 0 Å². The first-order valence-corrected chi connectivity index (χ1v) is 13.1. The molecule has 5 heterocycles. The van der Waals surface area contributed by atoms with Gasteiger partial charge >= 0.3 is 6.18 Å². The molecular weight excluding hydrogens is 509 g/mol. The van der Waals surface area contributed by atoms with Gasteiger partial charge in [0, 0.05) is 37.1 Å². The van der Waals surface area contributed by atoms with E-state index in [1.807, 2.05) is 9.80 Å². The molecule has 3 aromatic heterocycles. The van der Waals surface area contributed by atoms with E-state index in [0.29, 0.717) is 37.8 Å². The van der Waals surface area contributed by atoms with Crippen molar-refractivity contribution in [2.45, 2.75) is 70.9 Å². The number of rotatable bonds is 6. The molecule has 0 bridgehead atoms. The van der Waals surface area contributed by atoms with Crippen molar-refractivity contribution in [3.05, 3.63) is 22.6 Å². The summed E-state index contributed by atoms with van der Waals surface area (Å²) < 4.78 is 41.1. The quantitative estimate of drug-likeness (QED) is 0.493. The van der Waals surface area contributed by atoms with E-state index < -0.39 is 23.5 Å². The second-order valence-electron chi connectivity index (χ2n) is 10.0. The van der Waals surface area contributed by atoms with Crippen molar-refractivity contribution in [2.24, 2.45) is 0 Å². The molecule has 3 aromatic rings. The Balaban J connectivity index is 1.45. The van der Waals surface area contributed by atoms with Gasteiger partial charge in [-0.1, -0.05) is 13.3 Å². The fourth-order valence-corrected chi connectivity index (χ4v) is 5.79. The molecule has 14 heteroatoms. The molecule has 1 atom stereocenters. The molecule has 0 aliphatic carbocycles. The standard InChI is InChI=1S/C23H29F3N8O2S/c1-4-5-14-10-15-17(32-8-9-34-16(12-32)30-31-19(34)23(24,25)26)28-21(29-18(15)37-14)33-7-6-13(11-33)27-20(35)22(2,3)36/h10,13,36H,4-9,11-12H2,1-3H3,(H,27,35). The highest BCUT2D eigenvalue weighted by Gasteiger charge is 2.40. The summed E-state index contributed by atoms with van der Waals surface area (Å²) in [5.41, 5.74) is -1.47. The molecule has 2 N–H and O–H groups in total. The lowest BCUT2D eigenvalue weighted by Crippen LogP contribution is -2.47. The maximum absolute atomic E-state index is 13.3. The number of aromatic nitrogens is 5. The average Bonchev–Trinajstić information content (AvgIpc) is 3.54. The van der Waals surface area contributed by atoms with Crippen molar-refractivity contribution in [2.75, 3.05) is 29.4 Å². The highest BCUT2D eigenvalue weighted by molar-refractivity contribution is 7.18. The number of anilines is 2. The second kappa shape index (κ2) is 9.39. The van der Waals surface area contributed by atoms with Crippen molar-refractivity contribution < 1.29 is 23.1 Å². The number of carbonyl (C=O) groups is 1. The molecule has 1 amide bonds. The van der Waals surface area contributed by atoms with Crippen LogP contribution in [0, 0.1) is 0 Å². The van der Waals surface area contributed by atoms with Crippen LogP contribution in [0.25, 0.3) is 10.2 Å². The Morgan fingerprint density at radius 3 is 2.68 bits per heavy atom. The Morgan fingerprint density at radius 2 is 1.97 bits per heavy atom. The number of aliphatic hydroxyl groups is 1. The minimum absolute atomic E-state index is 0.0960. The number of amides is 1. The monoisotopic (exact) mass is 538 g/mol. The van der Waals surface area contributed by atoms with Crippen LogP contribution in [-0.4, -0.2) is 67.0 Å². The summed E-state index contributed by atoms with van der Waals surface area (Å²) in [6.45, 7) is 6.67. The van der Waals surface area contributed by atoms with E-state index in [2.05, 4.69) is 28.5 Å². The zero-order valence-corrected chi connectivity index (χ0v) is 21.7. The molecule has 2 aliphatic heterocycles. The molecule has 0 aromatic carbocycles. The normalized spacial score (nSPS) is 18.5. The molecule has 1 saturated heterocycles. The minimum atomic E-state index is -4.56. The van der Waals surface area contributed by atoms with Gasteiger partial charge in [0.25, 0.3) is 5.91 Å². The highest BCUT2D eigenvalue weighted by Crippen LogP contribution is 2.36. The van der Waals surface area contributed by atoms with Crippen molar-refractivity contribution in [3.8, 4) is 0 Å². The summed E-state index contributed by atoms with van der Waals surface area (Å²) in [6.07, 6.45) is -2.01. The summed E-state index contributed by atoms with van der Waals surface area (Å²) in [5, 5.41) is 20.9. The van der Waals surface area contributed by atoms with E-state index in [4.69, 9.17) is 9.97 Å². The van der Waals surface area contributed by atoms with Gasteiger partial charge in [-0.05, 0) is 32.8 Å². The summed E-state index contributed by atoms with van der Waals surface area (Å²) in [4.78, 5) is 27.8. The van der Waals surface area contributed by atoms with Crippen LogP contribution in [0.1, 0.15) is 50.1 Å². The molecular formula is C23H29F3N8O2S. The lowest BCUT2D eigenvalue weighted by molar-refractivity contribution is -0.147. The molecule has 10 nitrogen and oxygen atoms in total. The largest absolute Gasteiger partial charge is 0.451 e. The van der Waals surface area contributed by atoms with Crippen LogP contribution in [0.4, 0.5) is 24.9 Å². The highest BCUT2D eigenvalue weighted by atomic mass is 32.1. The van der Waals surface area contributed by atoms with Gasteiger partial charge in [-0.15, -0.1) is 21.5 Å². The topological polar surface area (TPSA) is 112 Å². The Labute approximate surface area is 215 Å². The van der Waals surface area contributed by atoms with Crippen LogP contribution >= 0.6 is 11.3 Å². The van der Waals surface area contributed by atoms with Crippen LogP contribution in [-0.2, 0) is 30.5 Å². The molecule has 1 fully saturated rings. The molecule has 5 rings (SSSR count). The van der Waals surface area contributed by atoms with Crippen molar-refractivity contribution in [1.82, 2.24) is 30.0 Å². The summed E-state index contributed by atoms with van der Waals surface area (Å²) in [7, 11) is 0. The Bertz CT molecular complexity index is 1320. The Morgan fingerprint density at radius 1 is 1.19 bits per heavy atom. The molecule has 37 heavy (non-hydrogen) atoms. The fraction of sp³-hybridized carbons (Fsp3) is 0.609. The van der Waals surface area contributed by atoms with Crippen molar-refractivity contribution >= 4 is 39.2 Å². The van der Waals surface area contributed by atoms with Gasteiger partial charge in [-0.2, -0.15) is 18.2 Å². The van der Waals surface area contributed by atoms with Gasteiger partial charge in [0.2, 0.25) is 11.8 Å². The molecule has 0 radical (unpaired) electrons. The third-order valence-electron chi connectivity index (χ3n) is 6.58. The number of carbonyl (C=O) groups excluding carboxylic acids is 1. The van der Waals surface area contributed by atoms with Crippen LogP contribution in [0.15, 0.2) is 6.07 Å². The zero-order valence-electron chi connectivity index (χ0n) is 20.8. The van der Waals surface area contributed by atoms with Gasteiger partial charge in [-0.25, -0.2) is 4.98 Å². The second-order valence-corrected chi connectivity index (χ2v) is 11.1. The van der Waals surface area contributed by atoms with Crippen LogP contribution in [0.5, 0.6) is 0 Å². The summed E-state index contributed by atoms with van der Waals surface area (Å²) in [6, 6.07) is 1.91. The Kier molecular flexibility index (Phi) is 6.51. The number of fused-ring (bicyclic) bond motifs is 2.